The van der Waals surface area contributed by atoms with Crippen molar-refractivity contribution >= 4 is 11.6 Å². The molecule has 1 aliphatic heterocycles. The van der Waals surface area contributed by atoms with Crippen molar-refractivity contribution in [1.82, 2.24) is 10.2 Å². The lowest BCUT2D eigenvalue weighted by molar-refractivity contribution is 0.152. The Balaban J connectivity index is 1.94. The van der Waals surface area contributed by atoms with E-state index in [1.165, 1.54) is 25.2 Å². The summed E-state index contributed by atoms with van der Waals surface area (Å²) in [5.41, 5.74) is 1.34. The van der Waals surface area contributed by atoms with Crippen LogP contribution < -0.4 is 5.32 Å². The Hall–Kier alpha value is -0.570. The van der Waals surface area contributed by atoms with Gasteiger partial charge in [0.15, 0.2) is 0 Å². The topological polar surface area (TPSA) is 15.3 Å². The van der Waals surface area contributed by atoms with Crippen molar-refractivity contribution < 1.29 is 0 Å². The van der Waals surface area contributed by atoms with Gasteiger partial charge >= 0.3 is 0 Å². The fourth-order valence-electron chi connectivity index (χ4n) is 2.09. The Kier molecular flexibility index (Phi) is 4.43. The lowest BCUT2D eigenvalue weighted by Crippen LogP contribution is -2.49. The van der Waals surface area contributed by atoms with Gasteiger partial charge in [-0.1, -0.05) is 23.7 Å². The molecule has 0 bridgehead atoms. The second kappa shape index (κ2) is 5.85. The highest BCUT2D eigenvalue weighted by Crippen LogP contribution is 2.15. The molecular formula is C14H21ClN2. The molecule has 1 heterocycles. The minimum Gasteiger partial charge on any atom is -0.316 e. The smallest absolute Gasteiger partial charge is 0.0406 e. The van der Waals surface area contributed by atoms with E-state index in [1.807, 2.05) is 12.1 Å². The first-order valence-corrected chi connectivity index (χ1v) is 6.72. The van der Waals surface area contributed by atoms with Crippen LogP contribution in [0.5, 0.6) is 0 Å². The van der Waals surface area contributed by atoms with Crippen molar-refractivity contribution in [1.29, 1.82) is 0 Å². The molecule has 0 atom stereocenters. The number of benzene rings is 1. The number of rotatable bonds is 5. The van der Waals surface area contributed by atoms with Crippen molar-refractivity contribution in [3.05, 3.63) is 34.9 Å². The summed E-state index contributed by atoms with van der Waals surface area (Å²) in [5.74, 6) is 0.824. The summed E-state index contributed by atoms with van der Waals surface area (Å²) in [6.07, 6.45) is 0. The molecule has 1 saturated heterocycles. The predicted molar refractivity (Wildman–Crippen MR) is 73.4 cm³/mol. The standard InChI is InChI=1S/C14H21ClN2/c1-11(2)17(10-13-7-16-8-13)9-12-3-5-14(15)6-4-12/h3-6,11,13,16H,7-10H2,1-2H3. The van der Waals surface area contributed by atoms with Crippen LogP contribution in [0.1, 0.15) is 19.4 Å². The van der Waals surface area contributed by atoms with Crippen LogP contribution in [0.4, 0.5) is 0 Å². The number of hydrogen-bond donors (Lipinski definition) is 1. The van der Waals surface area contributed by atoms with E-state index in [1.54, 1.807) is 0 Å². The van der Waals surface area contributed by atoms with Gasteiger partial charge in [-0.15, -0.1) is 0 Å². The van der Waals surface area contributed by atoms with Crippen molar-refractivity contribution in [3.63, 3.8) is 0 Å². The summed E-state index contributed by atoms with van der Waals surface area (Å²) in [6, 6.07) is 8.78. The molecule has 3 heteroatoms. The molecule has 0 amide bonds. The average molecular weight is 253 g/mol. The second-order valence-corrected chi connectivity index (χ2v) is 5.61. The average Bonchev–Trinajstić information content (AvgIpc) is 2.24. The second-order valence-electron chi connectivity index (χ2n) is 5.17. The molecule has 1 fully saturated rings. The minimum absolute atomic E-state index is 0.589. The van der Waals surface area contributed by atoms with E-state index in [0.717, 1.165) is 17.5 Å². The zero-order chi connectivity index (χ0) is 12.3. The molecule has 0 aliphatic carbocycles. The molecule has 17 heavy (non-hydrogen) atoms. The molecule has 0 aromatic heterocycles. The molecular weight excluding hydrogens is 232 g/mol. The molecule has 0 radical (unpaired) electrons. The lowest BCUT2D eigenvalue weighted by atomic mass is 10.0. The van der Waals surface area contributed by atoms with E-state index >= 15 is 0 Å². The number of halogens is 1. The minimum atomic E-state index is 0.589. The summed E-state index contributed by atoms with van der Waals surface area (Å²) in [7, 11) is 0. The SMILES string of the molecule is CC(C)N(Cc1ccc(Cl)cc1)CC1CNC1. The Morgan fingerprint density at radius 2 is 1.94 bits per heavy atom. The zero-order valence-corrected chi connectivity index (χ0v) is 11.4. The highest BCUT2D eigenvalue weighted by Gasteiger charge is 2.21. The first-order chi connectivity index (χ1) is 8.15. The predicted octanol–water partition coefficient (Wildman–Crippen LogP) is 2.77. The van der Waals surface area contributed by atoms with Crippen LogP contribution in [0.2, 0.25) is 5.02 Å². The fraction of sp³-hybridized carbons (Fsp3) is 0.571. The van der Waals surface area contributed by atoms with E-state index in [9.17, 15) is 0 Å². The Labute approximate surface area is 109 Å². The molecule has 1 aliphatic rings. The molecule has 0 spiro atoms. The molecule has 94 valence electrons. The van der Waals surface area contributed by atoms with E-state index in [-0.39, 0.29) is 0 Å². The van der Waals surface area contributed by atoms with E-state index in [4.69, 9.17) is 11.6 Å². The van der Waals surface area contributed by atoms with Gasteiger partial charge in [0, 0.05) is 37.2 Å². The normalized spacial score (nSPS) is 16.5. The molecule has 2 nitrogen and oxygen atoms in total. The highest BCUT2D eigenvalue weighted by molar-refractivity contribution is 6.30. The van der Waals surface area contributed by atoms with Crippen LogP contribution >= 0.6 is 11.6 Å². The van der Waals surface area contributed by atoms with Gasteiger partial charge in [0.2, 0.25) is 0 Å². The largest absolute Gasteiger partial charge is 0.316 e. The fourth-order valence-corrected chi connectivity index (χ4v) is 2.22. The van der Waals surface area contributed by atoms with Crippen LogP contribution in [0.25, 0.3) is 0 Å². The molecule has 0 saturated carbocycles. The van der Waals surface area contributed by atoms with Gasteiger partial charge in [-0.2, -0.15) is 0 Å². The van der Waals surface area contributed by atoms with Crippen LogP contribution in [0, 0.1) is 5.92 Å². The Morgan fingerprint density at radius 1 is 1.29 bits per heavy atom. The molecule has 1 aromatic rings. The highest BCUT2D eigenvalue weighted by atomic mass is 35.5. The maximum Gasteiger partial charge on any atom is 0.0406 e. The Morgan fingerprint density at radius 3 is 2.41 bits per heavy atom. The van der Waals surface area contributed by atoms with Crippen molar-refractivity contribution in [2.45, 2.75) is 26.4 Å². The van der Waals surface area contributed by atoms with E-state index in [0.29, 0.717) is 6.04 Å². The van der Waals surface area contributed by atoms with Gasteiger partial charge in [-0.05, 0) is 37.5 Å². The summed E-state index contributed by atoms with van der Waals surface area (Å²) in [6.45, 7) is 9.08. The van der Waals surface area contributed by atoms with Gasteiger partial charge < -0.3 is 5.32 Å². The van der Waals surface area contributed by atoms with Gasteiger partial charge in [0.25, 0.3) is 0 Å². The third-order valence-electron chi connectivity index (χ3n) is 3.39. The van der Waals surface area contributed by atoms with Crippen LogP contribution in [0.15, 0.2) is 24.3 Å². The number of nitrogens with one attached hydrogen (secondary N) is 1. The van der Waals surface area contributed by atoms with Gasteiger partial charge in [0.1, 0.15) is 0 Å². The summed E-state index contributed by atoms with van der Waals surface area (Å²) < 4.78 is 0. The monoisotopic (exact) mass is 252 g/mol. The number of nitrogens with zero attached hydrogens (tertiary/aromatic N) is 1. The van der Waals surface area contributed by atoms with Crippen molar-refractivity contribution in [2.75, 3.05) is 19.6 Å². The third kappa shape index (κ3) is 3.70. The van der Waals surface area contributed by atoms with Crippen LogP contribution in [-0.2, 0) is 6.54 Å². The van der Waals surface area contributed by atoms with Gasteiger partial charge in [-0.25, -0.2) is 0 Å². The molecule has 2 rings (SSSR count). The quantitative estimate of drug-likeness (QED) is 0.867. The van der Waals surface area contributed by atoms with Gasteiger partial charge in [-0.3, -0.25) is 4.90 Å². The zero-order valence-electron chi connectivity index (χ0n) is 10.6. The maximum absolute atomic E-state index is 5.90. The lowest BCUT2D eigenvalue weighted by Gasteiger charge is -2.35. The summed E-state index contributed by atoms with van der Waals surface area (Å²) in [4.78, 5) is 2.54. The maximum atomic E-state index is 5.90. The molecule has 1 N–H and O–H groups in total. The van der Waals surface area contributed by atoms with Gasteiger partial charge in [0.05, 0.1) is 0 Å². The van der Waals surface area contributed by atoms with Crippen molar-refractivity contribution in [2.24, 2.45) is 5.92 Å². The summed E-state index contributed by atoms with van der Waals surface area (Å²) in [5, 5.41) is 4.15. The van der Waals surface area contributed by atoms with Crippen LogP contribution in [-0.4, -0.2) is 30.6 Å². The van der Waals surface area contributed by atoms with E-state index in [2.05, 4.69) is 36.2 Å². The number of hydrogen-bond acceptors (Lipinski definition) is 2. The van der Waals surface area contributed by atoms with Crippen molar-refractivity contribution in [3.8, 4) is 0 Å². The molecule has 0 unspecified atom stereocenters. The molecule has 1 aromatic carbocycles. The van der Waals surface area contributed by atoms with Crippen LogP contribution in [0.3, 0.4) is 0 Å². The van der Waals surface area contributed by atoms with E-state index < -0.39 is 0 Å². The summed E-state index contributed by atoms with van der Waals surface area (Å²) >= 11 is 5.90. The first-order valence-electron chi connectivity index (χ1n) is 6.34. The Bertz CT molecular complexity index is 344. The third-order valence-corrected chi connectivity index (χ3v) is 3.64. The first kappa shape index (κ1) is 12.9.